The number of carbonyl (C=O) groups excluding carboxylic acids is 3. The van der Waals surface area contributed by atoms with Crippen LogP contribution in [0.1, 0.15) is 72.7 Å². The summed E-state index contributed by atoms with van der Waals surface area (Å²) in [5, 5.41) is 16.6. The van der Waals surface area contributed by atoms with E-state index in [0.717, 1.165) is 12.0 Å². The molecule has 4 rings (SSSR count). The Morgan fingerprint density at radius 3 is 2.55 bits per heavy atom. The molecule has 0 saturated carbocycles. The van der Waals surface area contributed by atoms with Crippen LogP contribution < -0.4 is 5.32 Å². The number of alkyl halides is 3. The van der Waals surface area contributed by atoms with Crippen LogP contribution in [0.4, 0.5) is 13.2 Å². The van der Waals surface area contributed by atoms with Crippen LogP contribution in [-0.2, 0) is 27.6 Å². The Morgan fingerprint density at radius 2 is 1.94 bits per heavy atom. The van der Waals surface area contributed by atoms with Crippen molar-refractivity contribution in [3.8, 4) is 6.07 Å². The van der Waals surface area contributed by atoms with Gasteiger partial charge in [-0.15, -0.1) is 0 Å². The quantitative estimate of drug-likeness (QED) is 0.288. The minimum absolute atomic E-state index is 0.0535. The standard InChI is InChI=1S/C35H42F3N7O4/c1-21-10-12-24-17-25(31(48)44(6)7)13-15-28(24)34(32-41-33(49-42-32)35(36,37)38,27(21)14-11-22(2)30(47)43(4)5)18-23(3)40-20-29(46)45-16-8-9-26(45)19-39/h11,13-15,17,23,26,40H,2,8-10,12,16,18,20H2,1,3-7H3/b14-11-/t23-,26-,34?/m0/s1. The number of hydrogen-bond donors (Lipinski definition) is 1. The number of hydrogen-bond acceptors (Lipinski definition) is 8. The first-order valence-electron chi connectivity index (χ1n) is 16.0. The van der Waals surface area contributed by atoms with Crippen molar-refractivity contribution in [2.24, 2.45) is 0 Å². The molecule has 1 aromatic carbocycles. The SMILES string of the molecule is C=C(/C=C\C1=C(C)CCc2cc(C(=O)N(C)C)ccc2C1(C[C@H](C)NCC(=O)N1CCC[C@H]1C#N)c1noc(C(F)(F)F)n1)C(=O)N(C)C. The molecule has 0 bridgehead atoms. The second kappa shape index (κ2) is 14.8. The molecule has 14 heteroatoms. The van der Waals surface area contributed by atoms with Crippen LogP contribution in [0.15, 0.2) is 58.2 Å². The molecular formula is C35H42F3N7O4. The van der Waals surface area contributed by atoms with Crippen molar-refractivity contribution in [3.05, 3.63) is 82.1 Å². The van der Waals surface area contributed by atoms with Crippen molar-refractivity contribution in [1.82, 2.24) is 30.2 Å². The number of nitriles is 1. The lowest BCUT2D eigenvalue weighted by molar-refractivity contribution is -0.159. The Morgan fingerprint density at radius 1 is 1.22 bits per heavy atom. The van der Waals surface area contributed by atoms with E-state index >= 15 is 0 Å². The van der Waals surface area contributed by atoms with Crippen molar-refractivity contribution >= 4 is 17.7 Å². The zero-order chi connectivity index (χ0) is 36.3. The Kier molecular flexibility index (Phi) is 11.2. The molecule has 3 atom stereocenters. The highest BCUT2D eigenvalue weighted by atomic mass is 19.4. The maximum absolute atomic E-state index is 14.0. The topological polar surface area (TPSA) is 136 Å². The molecule has 1 fully saturated rings. The third-order valence-corrected chi connectivity index (χ3v) is 9.03. The van der Waals surface area contributed by atoms with Crippen LogP contribution in [0.2, 0.25) is 0 Å². The number of nitrogens with zero attached hydrogens (tertiary/aromatic N) is 6. The minimum atomic E-state index is -4.92. The van der Waals surface area contributed by atoms with Gasteiger partial charge in [0.25, 0.3) is 11.8 Å². The van der Waals surface area contributed by atoms with Gasteiger partial charge in [-0.05, 0) is 80.9 Å². The number of aromatic nitrogens is 2. The molecule has 0 spiro atoms. The number of likely N-dealkylation sites (tertiary alicyclic amines) is 1. The Balaban J connectivity index is 1.92. The highest BCUT2D eigenvalue weighted by Gasteiger charge is 2.48. The first-order valence-corrected chi connectivity index (χ1v) is 16.0. The molecule has 1 aliphatic carbocycles. The number of carbonyl (C=O) groups is 3. The van der Waals surface area contributed by atoms with E-state index in [4.69, 9.17) is 4.52 Å². The van der Waals surface area contributed by atoms with Crippen LogP contribution >= 0.6 is 0 Å². The fourth-order valence-corrected chi connectivity index (χ4v) is 6.56. The third-order valence-electron chi connectivity index (χ3n) is 9.03. The van der Waals surface area contributed by atoms with E-state index < -0.39 is 29.6 Å². The van der Waals surface area contributed by atoms with Gasteiger partial charge in [0.05, 0.1) is 18.0 Å². The van der Waals surface area contributed by atoms with Crippen molar-refractivity contribution in [1.29, 1.82) is 5.26 Å². The molecule has 2 aliphatic rings. The molecule has 1 aliphatic heterocycles. The molecule has 49 heavy (non-hydrogen) atoms. The number of benzene rings is 1. The summed E-state index contributed by atoms with van der Waals surface area (Å²) in [6.07, 6.45) is 0.542. The fraction of sp³-hybridized carbons (Fsp3) is 0.486. The van der Waals surface area contributed by atoms with Crippen LogP contribution in [0.3, 0.4) is 0 Å². The smallest absolute Gasteiger partial charge is 0.345 e. The second-order valence-corrected chi connectivity index (χ2v) is 13.0. The summed E-state index contributed by atoms with van der Waals surface area (Å²) < 4.78 is 46.7. The Labute approximate surface area is 284 Å². The molecule has 1 N–H and O–H groups in total. The average molecular weight is 682 g/mol. The molecule has 1 aromatic heterocycles. The summed E-state index contributed by atoms with van der Waals surface area (Å²) in [7, 11) is 6.42. The summed E-state index contributed by atoms with van der Waals surface area (Å²) >= 11 is 0. The maximum Gasteiger partial charge on any atom is 0.471 e. The van der Waals surface area contributed by atoms with Gasteiger partial charge in [0.1, 0.15) is 6.04 Å². The van der Waals surface area contributed by atoms with E-state index in [1.807, 2.05) is 6.92 Å². The number of allylic oxidation sites excluding steroid dienone is 3. The van der Waals surface area contributed by atoms with Gasteiger partial charge in [-0.25, -0.2) is 0 Å². The van der Waals surface area contributed by atoms with E-state index in [2.05, 4.69) is 28.1 Å². The van der Waals surface area contributed by atoms with Gasteiger partial charge in [-0.2, -0.15) is 23.4 Å². The maximum atomic E-state index is 14.0. The van der Waals surface area contributed by atoms with Crippen molar-refractivity contribution in [3.63, 3.8) is 0 Å². The van der Waals surface area contributed by atoms with E-state index in [-0.39, 0.29) is 42.1 Å². The zero-order valence-corrected chi connectivity index (χ0v) is 28.6. The van der Waals surface area contributed by atoms with Gasteiger partial charge < -0.3 is 24.5 Å². The molecular weight excluding hydrogens is 639 g/mol. The van der Waals surface area contributed by atoms with E-state index in [9.17, 15) is 32.8 Å². The summed E-state index contributed by atoms with van der Waals surface area (Å²) in [5.41, 5.74) is 1.63. The van der Waals surface area contributed by atoms with E-state index in [1.54, 1.807) is 59.4 Å². The molecule has 2 heterocycles. The number of rotatable bonds is 10. The number of likely N-dealkylation sites (N-methyl/N-ethyl adjacent to an activating group) is 1. The summed E-state index contributed by atoms with van der Waals surface area (Å²) in [6.45, 7) is 7.90. The lowest BCUT2D eigenvalue weighted by Crippen LogP contribution is -2.45. The lowest BCUT2D eigenvalue weighted by Gasteiger charge is -2.37. The summed E-state index contributed by atoms with van der Waals surface area (Å²) in [6, 6.07) is 6.19. The third kappa shape index (κ3) is 7.77. The lowest BCUT2D eigenvalue weighted by atomic mass is 9.67. The average Bonchev–Trinajstić information content (AvgIpc) is 3.73. The van der Waals surface area contributed by atoms with Crippen LogP contribution in [-0.4, -0.2) is 95.9 Å². The molecule has 1 saturated heterocycles. The Bertz CT molecular complexity index is 1720. The second-order valence-electron chi connectivity index (χ2n) is 13.0. The highest BCUT2D eigenvalue weighted by molar-refractivity contribution is 5.95. The molecule has 11 nitrogen and oxygen atoms in total. The van der Waals surface area contributed by atoms with Gasteiger partial charge in [0.15, 0.2) is 5.82 Å². The van der Waals surface area contributed by atoms with E-state index in [0.29, 0.717) is 48.1 Å². The number of aryl methyl sites for hydroxylation is 1. The van der Waals surface area contributed by atoms with Crippen molar-refractivity contribution in [2.75, 3.05) is 41.3 Å². The predicted octanol–water partition coefficient (Wildman–Crippen LogP) is 4.42. The molecule has 3 amide bonds. The molecule has 262 valence electrons. The van der Waals surface area contributed by atoms with Crippen LogP contribution in [0.5, 0.6) is 0 Å². The summed E-state index contributed by atoms with van der Waals surface area (Å²) in [4.78, 5) is 47.1. The number of fused-ring (bicyclic) bond motifs is 1. The van der Waals surface area contributed by atoms with Crippen molar-refractivity contribution in [2.45, 2.75) is 69.6 Å². The normalized spacial score (nSPS) is 20.1. The largest absolute Gasteiger partial charge is 0.471 e. The molecule has 1 unspecified atom stereocenters. The highest BCUT2D eigenvalue weighted by Crippen LogP contribution is 2.49. The number of amides is 3. The van der Waals surface area contributed by atoms with Crippen LogP contribution in [0.25, 0.3) is 0 Å². The van der Waals surface area contributed by atoms with Gasteiger partial charge in [0, 0.05) is 51.9 Å². The predicted molar refractivity (Wildman–Crippen MR) is 175 cm³/mol. The van der Waals surface area contributed by atoms with Crippen molar-refractivity contribution < 1.29 is 32.1 Å². The molecule has 2 aromatic rings. The van der Waals surface area contributed by atoms with Gasteiger partial charge in [-0.3, -0.25) is 14.4 Å². The van der Waals surface area contributed by atoms with Gasteiger partial charge >= 0.3 is 12.1 Å². The first kappa shape index (κ1) is 37.1. The van der Waals surface area contributed by atoms with Gasteiger partial charge in [0.2, 0.25) is 5.91 Å². The first-order chi connectivity index (χ1) is 23.0. The van der Waals surface area contributed by atoms with E-state index in [1.165, 1.54) is 20.8 Å². The Hall–Kier alpha value is -4.77. The van der Waals surface area contributed by atoms with Crippen LogP contribution in [0, 0.1) is 11.3 Å². The molecule has 0 radical (unpaired) electrons. The minimum Gasteiger partial charge on any atom is -0.345 e. The van der Waals surface area contributed by atoms with Gasteiger partial charge in [-0.1, -0.05) is 29.5 Å². The monoisotopic (exact) mass is 681 g/mol. The number of halogens is 3. The summed E-state index contributed by atoms with van der Waals surface area (Å²) in [5.74, 6) is -2.64. The number of nitrogens with one attached hydrogen (secondary N) is 1. The zero-order valence-electron chi connectivity index (χ0n) is 28.6. The fourth-order valence-electron chi connectivity index (χ4n) is 6.56.